The topological polar surface area (TPSA) is 169 Å². The van der Waals surface area contributed by atoms with Gasteiger partial charge in [0, 0.05) is 31.4 Å². The lowest BCUT2D eigenvalue weighted by Gasteiger charge is -2.32. The van der Waals surface area contributed by atoms with Crippen molar-refractivity contribution in [3.05, 3.63) is 53.6 Å². The lowest BCUT2D eigenvalue weighted by atomic mass is 10.0. The van der Waals surface area contributed by atoms with Crippen molar-refractivity contribution in [1.82, 2.24) is 15.5 Å². The average Bonchev–Trinajstić information content (AvgIpc) is 3.48. The summed E-state index contributed by atoms with van der Waals surface area (Å²) in [6, 6.07) is 12.3. The number of aromatic hydroxyl groups is 1. The number of amides is 1. The third-order valence-electron chi connectivity index (χ3n) is 7.24. The number of benzene rings is 2. The zero-order valence-electron chi connectivity index (χ0n) is 23.1. The van der Waals surface area contributed by atoms with Crippen LogP contribution in [0.1, 0.15) is 42.9 Å². The second-order valence-electron chi connectivity index (χ2n) is 10.6. The highest BCUT2D eigenvalue weighted by atomic mass is 32.2. The van der Waals surface area contributed by atoms with Crippen LogP contribution in [0.15, 0.2) is 42.5 Å². The lowest BCUT2D eigenvalue weighted by Crippen LogP contribution is -2.44. The summed E-state index contributed by atoms with van der Waals surface area (Å²) < 4.78 is 30.2. The Balaban J connectivity index is 1.14. The molecule has 1 amide bonds. The number of aliphatic hydroxyl groups excluding tert-OH is 1. The number of likely N-dealkylation sites (tertiary alicyclic amines) is 1. The third kappa shape index (κ3) is 9.32. The Labute approximate surface area is 240 Å². The fourth-order valence-electron chi connectivity index (χ4n) is 4.95. The Kier molecular flexibility index (Phi) is 10.4. The fraction of sp³-hybridized carbons (Fsp3) is 0.500. The molecule has 12 nitrogen and oxygen atoms in total. The summed E-state index contributed by atoms with van der Waals surface area (Å²) in [5.41, 5.74) is 2.62. The first-order chi connectivity index (χ1) is 19.6. The molecule has 0 radical (unpaired) electrons. The van der Waals surface area contributed by atoms with Crippen molar-refractivity contribution in [2.24, 2.45) is 0 Å². The van der Waals surface area contributed by atoms with Crippen LogP contribution < -0.4 is 20.7 Å². The van der Waals surface area contributed by atoms with Crippen molar-refractivity contribution >= 4 is 33.5 Å². The standard InChI is InChI=1S/C28H39N5O7S/c1-41(38,39)32-24-17-20(6-9-25(24)34)26(35)18-29-14-10-19-4-7-21(8-5-19)31-22-11-15-33(16-12-22)28(37)40-27(36)23-3-2-13-30-23/h4-9,17,22-23,26,29-32,34-35H,2-3,10-16,18H2,1H3/t23-,26-/m0/s1. The molecule has 2 aliphatic heterocycles. The van der Waals surface area contributed by atoms with E-state index < -0.39 is 28.2 Å². The molecule has 41 heavy (non-hydrogen) atoms. The van der Waals surface area contributed by atoms with Crippen molar-refractivity contribution in [1.29, 1.82) is 0 Å². The molecular weight excluding hydrogens is 550 g/mol. The molecule has 13 heteroatoms. The van der Waals surface area contributed by atoms with E-state index >= 15 is 0 Å². The number of piperidine rings is 1. The summed E-state index contributed by atoms with van der Waals surface area (Å²) in [4.78, 5) is 26.0. The minimum atomic E-state index is -3.56. The predicted molar refractivity (Wildman–Crippen MR) is 155 cm³/mol. The second-order valence-corrected chi connectivity index (χ2v) is 12.3. The van der Waals surface area contributed by atoms with Crippen molar-refractivity contribution < 1.29 is 33.0 Å². The Hall–Kier alpha value is -3.39. The molecule has 2 atom stereocenters. The van der Waals surface area contributed by atoms with Gasteiger partial charge in [-0.1, -0.05) is 18.2 Å². The molecular formula is C28H39N5O7S. The number of sulfonamides is 1. The van der Waals surface area contributed by atoms with E-state index in [-0.39, 0.29) is 30.1 Å². The van der Waals surface area contributed by atoms with Gasteiger partial charge in [-0.3, -0.25) is 4.72 Å². The highest BCUT2D eigenvalue weighted by Gasteiger charge is 2.29. The van der Waals surface area contributed by atoms with E-state index in [1.54, 1.807) is 11.0 Å². The van der Waals surface area contributed by atoms with Crippen LogP contribution in [-0.2, 0) is 26.0 Å². The van der Waals surface area contributed by atoms with Gasteiger partial charge in [0.2, 0.25) is 10.0 Å². The van der Waals surface area contributed by atoms with E-state index in [0.717, 1.165) is 49.7 Å². The van der Waals surface area contributed by atoms with Crippen molar-refractivity contribution in [3.63, 3.8) is 0 Å². The molecule has 2 fully saturated rings. The van der Waals surface area contributed by atoms with Crippen LogP contribution in [0, 0.1) is 0 Å². The summed E-state index contributed by atoms with van der Waals surface area (Å²) in [5.74, 6) is -0.706. The molecule has 2 aromatic carbocycles. The van der Waals surface area contributed by atoms with Gasteiger partial charge in [-0.15, -0.1) is 0 Å². The van der Waals surface area contributed by atoms with E-state index in [4.69, 9.17) is 4.74 Å². The van der Waals surface area contributed by atoms with E-state index in [1.807, 2.05) is 24.3 Å². The summed E-state index contributed by atoms with van der Waals surface area (Å²) in [6.07, 6.45) is 3.42. The first kappa shape index (κ1) is 30.6. The van der Waals surface area contributed by atoms with E-state index in [9.17, 15) is 28.2 Å². The predicted octanol–water partition coefficient (Wildman–Crippen LogP) is 1.92. The van der Waals surface area contributed by atoms with Crippen molar-refractivity contribution in [3.8, 4) is 5.75 Å². The molecule has 2 saturated heterocycles. The first-order valence-corrected chi connectivity index (χ1v) is 15.8. The molecule has 4 rings (SSSR count). The number of anilines is 2. The van der Waals surface area contributed by atoms with E-state index in [1.165, 1.54) is 12.1 Å². The fourth-order valence-corrected chi connectivity index (χ4v) is 5.51. The van der Waals surface area contributed by atoms with Gasteiger partial charge in [-0.25, -0.2) is 18.0 Å². The maximum Gasteiger partial charge on any atom is 0.417 e. The molecule has 224 valence electrons. The van der Waals surface area contributed by atoms with Gasteiger partial charge < -0.3 is 35.8 Å². The van der Waals surface area contributed by atoms with Gasteiger partial charge in [-0.05, 0) is 80.6 Å². The molecule has 0 saturated carbocycles. The molecule has 0 unspecified atom stereocenters. The lowest BCUT2D eigenvalue weighted by molar-refractivity contribution is -0.140. The van der Waals surface area contributed by atoms with Gasteiger partial charge >= 0.3 is 12.1 Å². The monoisotopic (exact) mass is 589 g/mol. The summed E-state index contributed by atoms with van der Waals surface area (Å²) in [6.45, 7) is 2.71. The van der Waals surface area contributed by atoms with Crippen molar-refractivity contribution in [2.45, 2.75) is 50.3 Å². The van der Waals surface area contributed by atoms with Gasteiger partial charge in [0.05, 0.1) is 18.0 Å². The highest BCUT2D eigenvalue weighted by Crippen LogP contribution is 2.27. The first-order valence-electron chi connectivity index (χ1n) is 13.9. The van der Waals surface area contributed by atoms with Crippen LogP contribution in [0.5, 0.6) is 5.75 Å². The Morgan fingerprint density at radius 2 is 1.85 bits per heavy atom. The van der Waals surface area contributed by atoms with Crippen LogP contribution >= 0.6 is 0 Å². The minimum Gasteiger partial charge on any atom is -0.506 e. The number of hydrogen-bond acceptors (Lipinski definition) is 10. The van der Waals surface area contributed by atoms with Gasteiger partial charge in [0.15, 0.2) is 0 Å². The smallest absolute Gasteiger partial charge is 0.417 e. The molecule has 2 heterocycles. The van der Waals surface area contributed by atoms with Gasteiger partial charge in [-0.2, -0.15) is 0 Å². The van der Waals surface area contributed by atoms with Crippen LogP contribution in [0.3, 0.4) is 0 Å². The largest absolute Gasteiger partial charge is 0.506 e. The number of nitrogens with zero attached hydrogens (tertiary/aromatic N) is 1. The Morgan fingerprint density at radius 3 is 2.51 bits per heavy atom. The number of phenols is 1. The zero-order chi connectivity index (χ0) is 29.4. The number of carbonyl (C=O) groups is 2. The van der Waals surface area contributed by atoms with Crippen LogP contribution in [-0.4, -0.2) is 86.7 Å². The summed E-state index contributed by atoms with van der Waals surface area (Å²) in [7, 11) is -3.56. The normalized spacial score (nSPS) is 18.6. The second kappa shape index (κ2) is 14.0. The highest BCUT2D eigenvalue weighted by molar-refractivity contribution is 7.92. The molecule has 2 aliphatic rings. The number of hydrogen-bond donors (Lipinski definition) is 6. The van der Waals surface area contributed by atoms with Crippen molar-refractivity contribution in [2.75, 3.05) is 49.0 Å². The molecule has 2 aromatic rings. The number of carbonyl (C=O) groups excluding carboxylic acids is 2. The molecule has 0 aromatic heterocycles. The summed E-state index contributed by atoms with van der Waals surface area (Å²) >= 11 is 0. The van der Waals surface area contributed by atoms with Gasteiger partial charge in [0.25, 0.3) is 0 Å². The summed E-state index contributed by atoms with van der Waals surface area (Å²) in [5, 5.41) is 30.1. The number of aliphatic hydroxyl groups is 1. The van der Waals surface area contributed by atoms with E-state index in [0.29, 0.717) is 31.6 Å². The number of phenolic OH excluding ortho intramolecular Hbond substituents is 1. The van der Waals surface area contributed by atoms with Gasteiger partial charge in [0.1, 0.15) is 11.8 Å². The maximum atomic E-state index is 12.3. The molecule has 6 N–H and O–H groups in total. The van der Waals surface area contributed by atoms with Crippen LogP contribution in [0.2, 0.25) is 0 Å². The number of rotatable bonds is 11. The third-order valence-corrected chi connectivity index (χ3v) is 7.83. The molecule has 0 aliphatic carbocycles. The quantitative estimate of drug-likeness (QED) is 0.0985. The van der Waals surface area contributed by atoms with Crippen LogP contribution in [0.25, 0.3) is 0 Å². The maximum absolute atomic E-state index is 12.3. The average molecular weight is 590 g/mol. The Bertz CT molecular complexity index is 1290. The van der Waals surface area contributed by atoms with Crippen LogP contribution in [0.4, 0.5) is 16.2 Å². The number of nitrogens with one attached hydrogen (secondary N) is 4. The SMILES string of the molecule is CS(=O)(=O)Nc1cc([C@@H](O)CNCCc2ccc(NC3CCN(C(=O)OC(=O)[C@@H]4CCCN4)CC3)cc2)ccc1O. The zero-order valence-corrected chi connectivity index (χ0v) is 24.0. The molecule has 0 bridgehead atoms. The Morgan fingerprint density at radius 1 is 1.12 bits per heavy atom. The minimum absolute atomic E-state index is 0.0228. The number of esters is 1. The number of ether oxygens (including phenoxy) is 1. The van der Waals surface area contributed by atoms with E-state index in [2.05, 4.69) is 20.7 Å². The molecule has 0 spiro atoms.